The molecule has 0 atom stereocenters. The Kier molecular flexibility index (Phi) is 5.68. The SMILES string of the molecule is Nc1ncnc2c1c(-c1ccc(NS(=O)(=O)c3ccccc3Cl)c(Cl)c1)cn2C1CCCC1. The van der Waals surface area contributed by atoms with Gasteiger partial charge in [0.15, 0.2) is 0 Å². The summed E-state index contributed by atoms with van der Waals surface area (Å²) >= 11 is 12.6. The van der Waals surface area contributed by atoms with E-state index < -0.39 is 10.0 Å². The average molecular weight is 502 g/mol. The van der Waals surface area contributed by atoms with Crippen LogP contribution in [0.5, 0.6) is 0 Å². The molecule has 1 saturated carbocycles. The van der Waals surface area contributed by atoms with Gasteiger partial charge in [0.05, 0.1) is 21.1 Å². The molecule has 1 aliphatic carbocycles. The summed E-state index contributed by atoms with van der Waals surface area (Å²) in [6, 6.07) is 11.8. The van der Waals surface area contributed by atoms with Gasteiger partial charge in [0.2, 0.25) is 0 Å². The number of rotatable bonds is 5. The first-order chi connectivity index (χ1) is 15.8. The predicted molar refractivity (Wildman–Crippen MR) is 132 cm³/mol. The van der Waals surface area contributed by atoms with Gasteiger partial charge in [0, 0.05) is 17.8 Å². The number of sulfonamides is 1. The molecular weight excluding hydrogens is 481 g/mol. The number of nitrogens with two attached hydrogens (primary N) is 1. The van der Waals surface area contributed by atoms with Gasteiger partial charge in [0.25, 0.3) is 10.0 Å². The maximum absolute atomic E-state index is 12.8. The molecule has 33 heavy (non-hydrogen) atoms. The number of hydrogen-bond donors (Lipinski definition) is 2. The van der Waals surface area contributed by atoms with Crippen molar-refractivity contribution in [3.63, 3.8) is 0 Å². The maximum atomic E-state index is 12.8. The first kappa shape index (κ1) is 22.0. The first-order valence-electron chi connectivity index (χ1n) is 10.5. The van der Waals surface area contributed by atoms with Gasteiger partial charge >= 0.3 is 0 Å². The van der Waals surface area contributed by atoms with Crippen molar-refractivity contribution in [2.75, 3.05) is 10.5 Å². The molecular formula is C23H21Cl2N5O2S. The van der Waals surface area contributed by atoms with Crippen LogP contribution in [-0.4, -0.2) is 23.0 Å². The summed E-state index contributed by atoms with van der Waals surface area (Å²) in [4.78, 5) is 8.66. The molecule has 2 aromatic carbocycles. The van der Waals surface area contributed by atoms with Crippen molar-refractivity contribution in [1.29, 1.82) is 0 Å². The molecule has 0 unspecified atom stereocenters. The molecule has 0 spiro atoms. The van der Waals surface area contributed by atoms with Crippen LogP contribution in [0.25, 0.3) is 22.2 Å². The van der Waals surface area contributed by atoms with Crippen molar-refractivity contribution in [1.82, 2.24) is 14.5 Å². The summed E-state index contributed by atoms with van der Waals surface area (Å²) in [5.74, 6) is 0.395. The molecule has 1 fully saturated rings. The number of nitrogen functional groups attached to an aromatic ring is 1. The van der Waals surface area contributed by atoms with Crippen LogP contribution in [0.15, 0.2) is 59.9 Å². The summed E-state index contributed by atoms with van der Waals surface area (Å²) in [6.45, 7) is 0. The number of anilines is 2. The van der Waals surface area contributed by atoms with Crippen LogP contribution in [0.2, 0.25) is 10.0 Å². The highest BCUT2D eigenvalue weighted by Crippen LogP contribution is 2.40. The van der Waals surface area contributed by atoms with Crippen LogP contribution in [0.3, 0.4) is 0 Å². The lowest BCUT2D eigenvalue weighted by molar-refractivity contribution is 0.532. The van der Waals surface area contributed by atoms with Gasteiger partial charge in [-0.2, -0.15) is 0 Å². The molecule has 4 aromatic rings. The Morgan fingerprint density at radius 3 is 2.52 bits per heavy atom. The molecule has 170 valence electrons. The number of halogens is 2. The molecule has 3 N–H and O–H groups in total. The Morgan fingerprint density at radius 1 is 1.03 bits per heavy atom. The van der Waals surface area contributed by atoms with Gasteiger partial charge in [-0.25, -0.2) is 18.4 Å². The second-order valence-electron chi connectivity index (χ2n) is 8.08. The molecule has 0 radical (unpaired) electrons. The highest BCUT2D eigenvalue weighted by atomic mass is 35.5. The van der Waals surface area contributed by atoms with E-state index in [1.54, 1.807) is 30.3 Å². The van der Waals surface area contributed by atoms with E-state index in [0.29, 0.717) is 11.9 Å². The normalized spacial score (nSPS) is 14.7. The smallest absolute Gasteiger partial charge is 0.263 e. The molecule has 10 heteroatoms. The molecule has 0 amide bonds. The zero-order valence-electron chi connectivity index (χ0n) is 17.5. The Bertz CT molecular complexity index is 1460. The minimum Gasteiger partial charge on any atom is -0.383 e. The van der Waals surface area contributed by atoms with Crippen LogP contribution >= 0.6 is 23.2 Å². The van der Waals surface area contributed by atoms with Gasteiger partial charge in [-0.1, -0.05) is 54.2 Å². The highest BCUT2D eigenvalue weighted by molar-refractivity contribution is 7.92. The Balaban J connectivity index is 1.55. The average Bonchev–Trinajstić information content (AvgIpc) is 3.44. The summed E-state index contributed by atoms with van der Waals surface area (Å²) in [5, 5.41) is 1.15. The number of benzene rings is 2. The third-order valence-corrected chi connectivity index (χ3v) is 8.19. The quantitative estimate of drug-likeness (QED) is 0.354. The molecule has 0 saturated heterocycles. The van der Waals surface area contributed by atoms with Crippen molar-refractivity contribution in [3.05, 3.63) is 65.0 Å². The van der Waals surface area contributed by atoms with Gasteiger partial charge in [-0.05, 0) is 42.7 Å². The minimum atomic E-state index is -3.90. The summed E-state index contributed by atoms with van der Waals surface area (Å²) in [5.41, 5.74) is 8.94. The lowest BCUT2D eigenvalue weighted by Gasteiger charge is -2.12. The molecule has 1 aliphatic rings. The summed E-state index contributed by atoms with van der Waals surface area (Å²) in [7, 11) is -3.90. The van der Waals surface area contributed by atoms with Crippen LogP contribution in [0, 0.1) is 0 Å². The molecule has 2 heterocycles. The van der Waals surface area contributed by atoms with E-state index in [-0.39, 0.29) is 20.6 Å². The zero-order valence-corrected chi connectivity index (χ0v) is 19.8. The number of hydrogen-bond acceptors (Lipinski definition) is 5. The Hall–Kier alpha value is -2.81. The fraction of sp³-hybridized carbons (Fsp3) is 0.217. The maximum Gasteiger partial charge on any atom is 0.263 e. The van der Waals surface area contributed by atoms with Crippen molar-refractivity contribution in [2.24, 2.45) is 0 Å². The fourth-order valence-corrected chi connectivity index (χ4v) is 6.30. The van der Waals surface area contributed by atoms with Gasteiger partial charge in [0.1, 0.15) is 22.7 Å². The van der Waals surface area contributed by atoms with E-state index in [0.717, 1.165) is 35.0 Å². The molecule has 0 bridgehead atoms. The highest BCUT2D eigenvalue weighted by Gasteiger charge is 2.24. The van der Waals surface area contributed by atoms with E-state index in [9.17, 15) is 8.42 Å². The lowest BCUT2D eigenvalue weighted by atomic mass is 10.1. The van der Waals surface area contributed by atoms with Crippen molar-refractivity contribution in [2.45, 2.75) is 36.6 Å². The van der Waals surface area contributed by atoms with Crippen LogP contribution in [0.1, 0.15) is 31.7 Å². The fourth-order valence-electron chi connectivity index (χ4n) is 4.42. The van der Waals surface area contributed by atoms with E-state index in [1.807, 2.05) is 6.20 Å². The Labute approximate surface area is 201 Å². The van der Waals surface area contributed by atoms with Crippen LogP contribution in [-0.2, 0) is 10.0 Å². The number of aromatic nitrogens is 3. The number of fused-ring (bicyclic) bond motifs is 1. The van der Waals surface area contributed by atoms with Gasteiger partial charge in [-0.3, -0.25) is 4.72 Å². The summed E-state index contributed by atoms with van der Waals surface area (Å²) < 4.78 is 30.3. The number of nitrogens with one attached hydrogen (secondary N) is 1. The predicted octanol–water partition coefficient (Wildman–Crippen LogP) is 5.90. The second-order valence-corrected chi connectivity index (χ2v) is 10.5. The van der Waals surface area contributed by atoms with Crippen LogP contribution in [0.4, 0.5) is 11.5 Å². The Morgan fingerprint density at radius 2 is 1.79 bits per heavy atom. The first-order valence-corrected chi connectivity index (χ1v) is 12.8. The van der Waals surface area contributed by atoms with Crippen molar-refractivity contribution >= 4 is 55.8 Å². The van der Waals surface area contributed by atoms with Gasteiger partial charge < -0.3 is 10.3 Å². The van der Waals surface area contributed by atoms with Gasteiger partial charge in [-0.15, -0.1) is 0 Å². The number of nitrogens with zero attached hydrogens (tertiary/aromatic N) is 3. The van der Waals surface area contributed by atoms with E-state index in [2.05, 4.69) is 19.3 Å². The molecule has 2 aromatic heterocycles. The van der Waals surface area contributed by atoms with Crippen molar-refractivity contribution < 1.29 is 8.42 Å². The van der Waals surface area contributed by atoms with Crippen LogP contribution < -0.4 is 10.5 Å². The third kappa shape index (κ3) is 4.03. The minimum absolute atomic E-state index is 0.0173. The third-order valence-electron chi connectivity index (χ3n) is 6.01. The van der Waals surface area contributed by atoms with Crippen molar-refractivity contribution in [3.8, 4) is 11.1 Å². The molecule has 5 rings (SSSR count). The standard InChI is InChI=1S/C23H21Cl2N5O2S/c24-17-7-3-4-8-20(17)33(31,32)29-19-10-9-14(11-18(19)25)16-12-30(15-5-1-2-6-15)23-21(16)22(26)27-13-28-23/h3-4,7-13,15,29H,1-2,5-6H2,(H2,26,27,28). The zero-order chi connectivity index (χ0) is 23.2. The van der Waals surface area contributed by atoms with E-state index >= 15 is 0 Å². The molecule has 7 nitrogen and oxygen atoms in total. The summed E-state index contributed by atoms with van der Waals surface area (Å²) in [6.07, 6.45) is 8.09. The topological polar surface area (TPSA) is 103 Å². The van der Waals surface area contributed by atoms with E-state index in [4.69, 9.17) is 28.9 Å². The largest absolute Gasteiger partial charge is 0.383 e. The monoisotopic (exact) mass is 501 g/mol. The second kappa shape index (κ2) is 8.52. The van der Waals surface area contributed by atoms with E-state index in [1.165, 1.54) is 31.3 Å². The lowest BCUT2D eigenvalue weighted by Crippen LogP contribution is -2.13. The molecule has 0 aliphatic heterocycles.